The van der Waals surface area contributed by atoms with Gasteiger partial charge in [0.25, 0.3) is 0 Å². The van der Waals surface area contributed by atoms with Crippen molar-refractivity contribution in [1.82, 2.24) is 4.90 Å². The molecule has 0 aliphatic carbocycles. The van der Waals surface area contributed by atoms with Gasteiger partial charge >= 0.3 is 0 Å². The van der Waals surface area contributed by atoms with Crippen LogP contribution in [-0.2, 0) is 6.54 Å². The van der Waals surface area contributed by atoms with E-state index >= 15 is 0 Å². The molecule has 0 aromatic heterocycles. The molecule has 2 heteroatoms. The Labute approximate surface area is 85.2 Å². The third-order valence-electron chi connectivity index (χ3n) is 3.07. The van der Waals surface area contributed by atoms with Gasteiger partial charge in [-0.2, -0.15) is 0 Å². The van der Waals surface area contributed by atoms with Crippen LogP contribution in [0, 0.1) is 0 Å². The molecule has 2 nitrogen and oxygen atoms in total. The van der Waals surface area contributed by atoms with Gasteiger partial charge in [-0.15, -0.1) is 0 Å². The van der Waals surface area contributed by atoms with E-state index in [-0.39, 0.29) is 6.10 Å². The molecule has 2 atom stereocenters. The minimum Gasteiger partial charge on any atom is -0.391 e. The van der Waals surface area contributed by atoms with Gasteiger partial charge in [0.1, 0.15) is 0 Å². The van der Waals surface area contributed by atoms with E-state index in [1.165, 1.54) is 5.56 Å². The second kappa shape index (κ2) is 4.11. The summed E-state index contributed by atoms with van der Waals surface area (Å²) in [5.74, 6) is 0. The first-order valence-corrected chi connectivity index (χ1v) is 5.23. The first kappa shape index (κ1) is 9.69. The van der Waals surface area contributed by atoms with E-state index in [0.29, 0.717) is 6.04 Å². The van der Waals surface area contributed by atoms with E-state index < -0.39 is 0 Å². The summed E-state index contributed by atoms with van der Waals surface area (Å²) in [6.45, 7) is 4.07. The molecule has 1 aliphatic heterocycles. The van der Waals surface area contributed by atoms with Crippen LogP contribution in [0.5, 0.6) is 0 Å². The first-order valence-electron chi connectivity index (χ1n) is 5.23. The summed E-state index contributed by atoms with van der Waals surface area (Å²) in [5, 5.41) is 9.60. The van der Waals surface area contributed by atoms with Crippen LogP contribution in [-0.4, -0.2) is 28.7 Å². The fourth-order valence-electron chi connectivity index (χ4n) is 2.03. The SMILES string of the molecule is C[C@H]1[C@H](O)CCN1Cc1ccccc1. The average molecular weight is 191 g/mol. The van der Waals surface area contributed by atoms with Crippen molar-refractivity contribution >= 4 is 0 Å². The molecule has 0 amide bonds. The number of nitrogens with zero attached hydrogens (tertiary/aromatic N) is 1. The molecule has 0 saturated carbocycles. The molecule has 14 heavy (non-hydrogen) atoms. The van der Waals surface area contributed by atoms with Gasteiger partial charge in [-0.05, 0) is 18.9 Å². The number of likely N-dealkylation sites (tertiary alicyclic amines) is 1. The van der Waals surface area contributed by atoms with Crippen molar-refractivity contribution in [3.63, 3.8) is 0 Å². The Morgan fingerprint density at radius 1 is 1.36 bits per heavy atom. The maximum atomic E-state index is 9.60. The van der Waals surface area contributed by atoms with Gasteiger partial charge in [0.2, 0.25) is 0 Å². The molecule has 0 radical (unpaired) electrons. The van der Waals surface area contributed by atoms with Gasteiger partial charge in [-0.25, -0.2) is 0 Å². The Balaban J connectivity index is 1.99. The van der Waals surface area contributed by atoms with Crippen molar-refractivity contribution in [3.05, 3.63) is 35.9 Å². The van der Waals surface area contributed by atoms with Crippen molar-refractivity contribution in [3.8, 4) is 0 Å². The lowest BCUT2D eigenvalue weighted by molar-refractivity contribution is 0.123. The smallest absolute Gasteiger partial charge is 0.0705 e. The Hall–Kier alpha value is -0.860. The number of hydrogen-bond acceptors (Lipinski definition) is 2. The van der Waals surface area contributed by atoms with Crippen LogP contribution >= 0.6 is 0 Å². The quantitative estimate of drug-likeness (QED) is 0.768. The van der Waals surface area contributed by atoms with Gasteiger partial charge < -0.3 is 5.11 Å². The topological polar surface area (TPSA) is 23.5 Å². The molecule has 1 aliphatic rings. The van der Waals surface area contributed by atoms with E-state index in [0.717, 1.165) is 19.5 Å². The van der Waals surface area contributed by atoms with Crippen LogP contribution in [0.4, 0.5) is 0 Å². The van der Waals surface area contributed by atoms with Crippen molar-refractivity contribution < 1.29 is 5.11 Å². The van der Waals surface area contributed by atoms with Crippen LogP contribution < -0.4 is 0 Å². The van der Waals surface area contributed by atoms with Crippen molar-refractivity contribution in [2.75, 3.05) is 6.54 Å². The Kier molecular flexibility index (Phi) is 2.85. The molecule has 0 bridgehead atoms. The third kappa shape index (κ3) is 1.97. The van der Waals surface area contributed by atoms with E-state index in [1.807, 2.05) is 6.07 Å². The molecule has 1 aromatic rings. The molecule has 1 heterocycles. The van der Waals surface area contributed by atoms with Gasteiger partial charge in [-0.3, -0.25) is 4.90 Å². The molecule has 1 aromatic carbocycles. The molecule has 0 spiro atoms. The highest BCUT2D eigenvalue weighted by molar-refractivity contribution is 5.14. The Bertz CT molecular complexity index is 286. The minimum atomic E-state index is -0.140. The van der Waals surface area contributed by atoms with Crippen LogP contribution in [0.1, 0.15) is 18.9 Å². The standard InChI is InChI=1S/C12H17NO/c1-10-12(14)7-8-13(10)9-11-5-3-2-4-6-11/h2-6,10,12,14H,7-9H2,1H3/t10-,12+/m0/s1. The Morgan fingerprint density at radius 3 is 2.64 bits per heavy atom. The fraction of sp³-hybridized carbons (Fsp3) is 0.500. The van der Waals surface area contributed by atoms with Gasteiger partial charge in [-0.1, -0.05) is 30.3 Å². The number of benzene rings is 1. The maximum absolute atomic E-state index is 9.60. The van der Waals surface area contributed by atoms with Gasteiger partial charge in [0.15, 0.2) is 0 Å². The normalized spacial score (nSPS) is 28.1. The highest BCUT2D eigenvalue weighted by Crippen LogP contribution is 2.19. The summed E-state index contributed by atoms with van der Waals surface area (Å²) in [7, 11) is 0. The molecule has 1 saturated heterocycles. The van der Waals surface area contributed by atoms with Gasteiger partial charge in [0.05, 0.1) is 6.10 Å². The van der Waals surface area contributed by atoms with E-state index in [4.69, 9.17) is 0 Å². The summed E-state index contributed by atoms with van der Waals surface area (Å²) in [6, 6.07) is 10.7. The molecule has 1 N–H and O–H groups in total. The maximum Gasteiger partial charge on any atom is 0.0705 e. The van der Waals surface area contributed by atoms with E-state index in [1.54, 1.807) is 0 Å². The minimum absolute atomic E-state index is 0.140. The monoisotopic (exact) mass is 191 g/mol. The number of aliphatic hydroxyl groups is 1. The van der Waals surface area contributed by atoms with Crippen molar-refractivity contribution in [1.29, 1.82) is 0 Å². The number of hydrogen-bond donors (Lipinski definition) is 1. The summed E-state index contributed by atoms with van der Waals surface area (Å²) in [4.78, 5) is 2.33. The summed E-state index contributed by atoms with van der Waals surface area (Å²) < 4.78 is 0. The predicted molar refractivity (Wildman–Crippen MR) is 56.9 cm³/mol. The highest BCUT2D eigenvalue weighted by atomic mass is 16.3. The molecular weight excluding hydrogens is 174 g/mol. The Morgan fingerprint density at radius 2 is 2.07 bits per heavy atom. The third-order valence-corrected chi connectivity index (χ3v) is 3.07. The molecular formula is C12H17NO. The average Bonchev–Trinajstić information content (AvgIpc) is 2.52. The van der Waals surface area contributed by atoms with Crippen LogP contribution in [0.2, 0.25) is 0 Å². The lowest BCUT2D eigenvalue weighted by Gasteiger charge is -2.22. The van der Waals surface area contributed by atoms with Crippen molar-refractivity contribution in [2.24, 2.45) is 0 Å². The van der Waals surface area contributed by atoms with Crippen molar-refractivity contribution in [2.45, 2.75) is 32.0 Å². The zero-order chi connectivity index (χ0) is 9.97. The lowest BCUT2D eigenvalue weighted by atomic mass is 10.2. The summed E-state index contributed by atoms with van der Waals surface area (Å²) in [6.07, 6.45) is 0.771. The van der Waals surface area contributed by atoms with E-state index in [9.17, 15) is 5.11 Å². The zero-order valence-electron chi connectivity index (χ0n) is 8.56. The second-order valence-corrected chi connectivity index (χ2v) is 4.05. The predicted octanol–water partition coefficient (Wildman–Crippen LogP) is 1.64. The summed E-state index contributed by atoms with van der Waals surface area (Å²) >= 11 is 0. The zero-order valence-corrected chi connectivity index (χ0v) is 8.56. The van der Waals surface area contributed by atoms with Gasteiger partial charge in [0, 0.05) is 19.1 Å². The lowest BCUT2D eigenvalue weighted by Crippen LogP contribution is -2.31. The van der Waals surface area contributed by atoms with Crippen LogP contribution in [0.25, 0.3) is 0 Å². The molecule has 0 unspecified atom stereocenters. The van der Waals surface area contributed by atoms with E-state index in [2.05, 4.69) is 36.1 Å². The first-order chi connectivity index (χ1) is 6.77. The highest BCUT2D eigenvalue weighted by Gasteiger charge is 2.28. The second-order valence-electron chi connectivity index (χ2n) is 4.05. The largest absolute Gasteiger partial charge is 0.391 e. The molecule has 76 valence electrons. The van der Waals surface area contributed by atoms with Crippen LogP contribution in [0.3, 0.4) is 0 Å². The molecule has 1 fully saturated rings. The fourth-order valence-corrected chi connectivity index (χ4v) is 2.03. The molecule has 2 rings (SSSR count). The number of aliphatic hydroxyl groups excluding tert-OH is 1. The number of rotatable bonds is 2. The summed E-state index contributed by atoms with van der Waals surface area (Å²) in [5.41, 5.74) is 1.33. The van der Waals surface area contributed by atoms with Crippen LogP contribution in [0.15, 0.2) is 30.3 Å².